The first-order chi connectivity index (χ1) is 8.51. The molecule has 1 rings (SSSR count). The quantitative estimate of drug-likeness (QED) is 0.787. The molecule has 0 spiro atoms. The fraction of sp³-hybridized carbons (Fsp3) is 0.533. The minimum atomic E-state index is 0.332. The van der Waals surface area contributed by atoms with Crippen LogP contribution in [0.4, 0.5) is 0 Å². The summed E-state index contributed by atoms with van der Waals surface area (Å²) in [5, 5.41) is 0. The molecule has 1 unspecified atom stereocenters. The highest BCUT2D eigenvalue weighted by Crippen LogP contribution is 2.28. The number of rotatable bonds is 2. The smallest absolute Gasteiger partial charge is 0.0792 e. The number of hydrogen-bond donors (Lipinski definition) is 1. The van der Waals surface area contributed by atoms with Gasteiger partial charge in [0.05, 0.1) is 5.71 Å². The van der Waals surface area contributed by atoms with E-state index in [9.17, 15) is 0 Å². The van der Waals surface area contributed by atoms with E-state index in [-0.39, 0.29) is 0 Å². The highest BCUT2D eigenvalue weighted by Gasteiger charge is 2.18. The van der Waals surface area contributed by atoms with Gasteiger partial charge < -0.3 is 5.73 Å². The number of nitrogens with two attached hydrogens (primary N) is 1. The first kappa shape index (κ1) is 17.2. The Morgan fingerprint density at radius 3 is 2.44 bits per heavy atom. The van der Waals surface area contributed by atoms with Crippen LogP contribution in [0.5, 0.6) is 0 Å². The van der Waals surface area contributed by atoms with E-state index in [0.717, 1.165) is 33.5 Å². The van der Waals surface area contributed by atoms with Gasteiger partial charge in [0, 0.05) is 16.2 Å². The molecule has 2 N–H and O–H groups in total. The SMILES string of the molecule is C/C=C1/C=C(N)C(C)=C(Br)C1=NC(C)CC.CC. The zero-order valence-corrected chi connectivity index (χ0v) is 13.9. The molecule has 1 aliphatic rings. The van der Waals surface area contributed by atoms with Crippen molar-refractivity contribution in [2.45, 2.75) is 54.0 Å². The molecule has 0 fully saturated rings. The third kappa shape index (κ3) is 4.13. The van der Waals surface area contributed by atoms with E-state index in [1.165, 1.54) is 0 Å². The van der Waals surface area contributed by atoms with Crippen molar-refractivity contribution in [1.82, 2.24) is 0 Å². The monoisotopic (exact) mass is 312 g/mol. The highest BCUT2D eigenvalue weighted by molar-refractivity contribution is 9.12. The van der Waals surface area contributed by atoms with Gasteiger partial charge in [-0.05, 0) is 60.3 Å². The minimum absolute atomic E-state index is 0.332. The Kier molecular flexibility index (Phi) is 7.92. The Morgan fingerprint density at radius 2 is 2.00 bits per heavy atom. The minimum Gasteiger partial charge on any atom is -0.398 e. The van der Waals surface area contributed by atoms with E-state index < -0.39 is 0 Å². The Bertz CT molecular complexity index is 401. The lowest BCUT2D eigenvalue weighted by atomic mass is 9.98. The maximum absolute atomic E-state index is 5.94. The summed E-state index contributed by atoms with van der Waals surface area (Å²) in [5.41, 5.74) is 9.92. The van der Waals surface area contributed by atoms with E-state index in [1.807, 2.05) is 39.8 Å². The van der Waals surface area contributed by atoms with E-state index >= 15 is 0 Å². The molecule has 0 saturated heterocycles. The van der Waals surface area contributed by atoms with Gasteiger partial charge in [0.2, 0.25) is 0 Å². The number of halogens is 1. The van der Waals surface area contributed by atoms with E-state index in [4.69, 9.17) is 10.7 Å². The van der Waals surface area contributed by atoms with Crippen LogP contribution in [-0.4, -0.2) is 11.8 Å². The zero-order valence-electron chi connectivity index (χ0n) is 12.3. The first-order valence-corrected chi connectivity index (χ1v) is 7.39. The van der Waals surface area contributed by atoms with Gasteiger partial charge in [-0.15, -0.1) is 0 Å². The molecule has 0 radical (unpaired) electrons. The molecule has 0 aromatic carbocycles. The van der Waals surface area contributed by atoms with Gasteiger partial charge in [0.15, 0.2) is 0 Å². The molecule has 102 valence electrons. The Morgan fingerprint density at radius 1 is 1.44 bits per heavy atom. The lowest BCUT2D eigenvalue weighted by molar-refractivity contribution is 0.718. The second-order valence-corrected chi connectivity index (χ2v) is 4.81. The summed E-state index contributed by atoms with van der Waals surface area (Å²) in [5.74, 6) is 0. The standard InChI is InChI=1S/C13H19BrN2.C2H6/c1-5-8(3)16-13-10(6-2)7-11(15)9(4)12(13)14;1-2/h6-8H,5,15H2,1-4H3;1-2H3/b10-6-,16-13?;. The third-order valence-electron chi connectivity index (χ3n) is 2.81. The van der Waals surface area contributed by atoms with Crippen LogP contribution in [0.1, 0.15) is 48.0 Å². The largest absolute Gasteiger partial charge is 0.398 e. The van der Waals surface area contributed by atoms with Crippen LogP contribution in [0, 0.1) is 0 Å². The Hall–Kier alpha value is -0.830. The van der Waals surface area contributed by atoms with Crippen molar-refractivity contribution in [2.75, 3.05) is 0 Å². The van der Waals surface area contributed by atoms with E-state index in [1.54, 1.807) is 0 Å². The summed E-state index contributed by atoms with van der Waals surface area (Å²) < 4.78 is 1.01. The number of nitrogens with zero attached hydrogens (tertiary/aromatic N) is 1. The van der Waals surface area contributed by atoms with Gasteiger partial charge in [-0.25, -0.2) is 0 Å². The summed E-state index contributed by atoms with van der Waals surface area (Å²) in [6, 6.07) is 0.332. The van der Waals surface area contributed by atoms with Crippen LogP contribution in [-0.2, 0) is 0 Å². The van der Waals surface area contributed by atoms with E-state index in [2.05, 4.69) is 29.8 Å². The molecule has 0 aliphatic heterocycles. The van der Waals surface area contributed by atoms with Gasteiger partial charge >= 0.3 is 0 Å². The summed E-state index contributed by atoms with van der Waals surface area (Å²) in [4.78, 5) is 4.72. The normalized spacial score (nSPS) is 21.6. The van der Waals surface area contributed by atoms with Gasteiger partial charge in [0.25, 0.3) is 0 Å². The van der Waals surface area contributed by atoms with Crippen molar-refractivity contribution in [2.24, 2.45) is 10.7 Å². The second kappa shape index (κ2) is 8.30. The average Bonchev–Trinajstić information content (AvgIpc) is 2.41. The molecule has 1 atom stereocenters. The second-order valence-electron chi connectivity index (χ2n) is 4.02. The Labute approximate surface area is 120 Å². The average molecular weight is 313 g/mol. The number of aliphatic imine (C=N–C) groups is 1. The zero-order chi connectivity index (χ0) is 14.3. The predicted molar refractivity (Wildman–Crippen MR) is 86.2 cm³/mol. The van der Waals surface area contributed by atoms with Gasteiger partial charge in [-0.3, -0.25) is 4.99 Å². The first-order valence-electron chi connectivity index (χ1n) is 6.60. The van der Waals surface area contributed by atoms with Crippen LogP contribution in [0.2, 0.25) is 0 Å². The van der Waals surface area contributed by atoms with E-state index in [0.29, 0.717) is 6.04 Å². The molecule has 0 saturated carbocycles. The maximum Gasteiger partial charge on any atom is 0.0792 e. The summed E-state index contributed by atoms with van der Waals surface area (Å²) in [6.07, 6.45) is 5.07. The topological polar surface area (TPSA) is 38.4 Å². The Balaban J connectivity index is 0.00000137. The van der Waals surface area contributed by atoms with Gasteiger partial charge in [-0.2, -0.15) is 0 Å². The summed E-state index contributed by atoms with van der Waals surface area (Å²) in [6.45, 7) is 12.3. The summed E-state index contributed by atoms with van der Waals surface area (Å²) >= 11 is 3.59. The lowest BCUT2D eigenvalue weighted by Crippen LogP contribution is -2.16. The van der Waals surface area contributed by atoms with Crippen molar-refractivity contribution < 1.29 is 0 Å². The molecule has 0 heterocycles. The molecule has 0 aromatic rings. The fourth-order valence-electron chi connectivity index (χ4n) is 1.44. The van der Waals surface area contributed by atoms with Crippen LogP contribution in [0.15, 0.2) is 38.5 Å². The molecule has 1 aliphatic carbocycles. The van der Waals surface area contributed by atoms with Crippen LogP contribution >= 0.6 is 15.9 Å². The van der Waals surface area contributed by atoms with Gasteiger partial charge in [-0.1, -0.05) is 26.8 Å². The molecule has 3 heteroatoms. The lowest BCUT2D eigenvalue weighted by Gasteiger charge is -2.18. The molecule has 0 bridgehead atoms. The number of hydrogen-bond acceptors (Lipinski definition) is 2. The van der Waals surface area contributed by atoms with Crippen molar-refractivity contribution in [3.63, 3.8) is 0 Å². The number of allylic oxidation sites excluding steroid dienone is 5. The van der Waals surface area contributed by atoms with Crippen LogP contribution < -0.4 is 5.73 Å². The predicted octanol–water partition coefficient (Wildman–Crippen LogP) is 4.72. The van der Waals surface area contributed by atoms with Crippen LogP contribution in [0.25, 0.3) is 0 Å². The molecule has 2 nitrogen and oxygen atoms in total. The van der Waals surface area contributed by atoms with Crippen molar-refractivity contribution in [3.8, 4) is 0 Å². The maximum atomic E-state index is 5.94. The van der Waals surface area contributed by atoms with Gasteiger partial charge in [0.1, 0.15) is 0 Å². The molecule has 0 amide bonds. The van der Waals surface area contributed by atoms with Crippen molar-refractivity contribution in [3.05, 3.63) is 33.5 Å². The third-order valence-corrected chi connectivity index (χ3v) is 3.78. The fourth-order valence-corrected chi connectivity index (χ4v) is 2.00. The summed E-state index contributed by atoms with van der Waals surface area (Å²) in [7, 11) is 0. The van der Waals surface area contributed by atoms with Crippen LogP contribution in [0.3, 0.4) is 0 Å². The molecular weight excluding hydrogens is 288 g/mol. The van der Waals surface area contributed by atoms with Crippen molar-refractivity contribution >= 4 is 21.6 Å². The highest BCUT2D eigenvalue weighted by atomic mass is 79.9. The molecule has 0 aromatic heterocycles. The molecule has 18 heavy (non-hydrogen) atoms. The molecular formula is C15H25BrN2. The van der Waals surface area contributed by atoms with Crippen molar-refractivity contribution in [1.29, 1.82) is 0 Å².